The van der Waals surface area contributed by atoms with Crippen molar-refractivity contribution in [2.24, 2.45) is 0 Å². The highest BCUT2D eigenvalue weighted by Crippen LogP contribution is 2.24. The lowest BCUT2D eigenvalue weighted by Gasteiger charge is -2.33. The van der Waals surface area contributed by atoms with Gasteiger partial charge in [-0.25, -0.2) is 4.39 Å². The molecule has 0 bridgehead atoms. The van der Waals surface area contributed by atoms with Gasteiger partial charge in [-0.3, -0.25) is 9.89 Å². The Kier molecular flexibility index (Phi) is 5.16. The zero-order chi connectivity index (χ0) is 21.2. The number of rotatable bonds is 5. The van der Waals surface area contributed by atoms with Gasteiger partial charge in [0.1, 0.15) is 5.82 Å². The topological polar surface area (TPSA) is 76.8 Å². The van der Waals surface area contributed by atoms with E-state index in [-0.39, 0.29) is 17.8 Å². The average molecular weight is 417 g/mol. The van der Waals surface area contributed by atoms with Gasteiger partial charge in [-0.2, -0.15) is 5.10 Å². The first-order chi connectivity index (χ1) is 15.2. The maximum atomic E-state index is 13.2. The highest BCUT2D eigenvalue weighted by Gasteiger charge is 2.23. The van der Waals surface area contributed by atoms with Gasteiger partial charge in [-0.05, 0) is 54.3 Å². The summed E-state index contributed by atoms with van der Waals surface area (Å²) in [6, 6.07) is 16.4. The molecule has 0 saturated carbocycles. The van der Waals surface area contributed by atoms with Crippen molar-refractivity contribution >= 4 is 22.6 Å². The number of carbonyl (C=O) groups is 1. The van der Waals surface area contributed by atoms with Gasteiger partial charge in [0.15, 0.2) is 5.82 Å². The fourth-order valence-electron chi connectivity index (χ4n) is 4.28. The van der Waals surface area contributed by atoms with E-state index in [1.165, 1.54) is 12.1 Å². The molecule has 4 aromatic rings. The standard InChI is InChI=1S/C24H24FN5O/c25-18-9-7-16(8-10-18)22-13-23(29-28-22)30-11-3-4-19(15-30)27-24(31)12-17-14-26-21-6-2-1-5-20(17)21/h1-2,5-10,13-14,19,26H,3-4,11-12,15H2,(H,27,31)(H,28,29)/t19-/m0/s1. The second-order valence-corrected chi connectivity index (χ2v) is 8.04. The molecule has 2 aromatic heterocycles. The number of carbonyl (C=O) groups excluding carboxylic acids is 1. The van der Waals surface area contributed by atoms with Gasteiger partial charge < -0.3 is 15.2 Å². The minimum atomic E-state index is -0.259. The van der Waals surface area contributed by atoms with E-state index in [2.05, 4.69) is 25.4 Å². The molecular formula is C24H24FN5O. The predicted molar refractivity (Wildman–Crippen MR) is 119 cm³/mol. The molecule has 31 heavy (non-hydrogen) atoms. The Balaban J connectivity index is 1.22. The van der Waals surface area contributed by atoms with Crippen LogP contribution in [0.3, 0.4) is 0 Å². The molecule has 0 unspecified atom stereocenters. The third-order valence-electron chi connectivity index (χ3n) is 5.86. The zero-order valence-corrected chi connectivity index (χ0v) is 17.1. The molecule has 1 aliphatic heterocycles. The Hall–Kier alpha value is -3.61. The molecule has 1 saturated heterocycles. The molecule has 158 valence electrons. The Labute approximate surface area is 179 Å². The van der Waals surface area contributed by atoms with Gasteiger partial charge in [0.25, 0.3) is 0 Å². The smallest absolute Gasteiger partial charge is 0.224 e. The molecule has 3 heterocycles. The Morgan fingerprint density at radius 2 is 2.03 bits per heavy atom. The van der Waals surface area contributed by atoms with Gasteiger partial charge >= 0.3 is 0 Å². The Morgan fingerprint density at radius 3 is 2.90 bits per heavy atom. The molecule has 2 aromatic carbocycles. The summed E-state index contributed by atoms with van der Waals surface area (Å²) in [5.74, 6) is 0.617. The van der Waals surface area contributed by atoms with Crippen LogP contribution >= 0.6 is 0 Å². The summed E-state index contributed by atoms with van der Waals surface area (Å²) < 4.78 is 13.2. The quantitative estimate of drug-likeness (QED) is 0.459. The van der Waals surface area contributed by atoms with E-state index in [4.69, 9.17) is 0 Å². The predicted octanol–water partition coefficient (Wildman–Crippen LogP) is 4.02. The summed E-state index contributed by atoms with van der Waals surface area (Å²) in [6.45, 7) is 1.61. The molecular weight excluding hydrogens is 393 g/mol. The van der Waals surface area contributed by atoms with Crippen molar-refractivity contribution in [1.82, 2.24) is 20.5 Å². The van der Waals surface area contributed by atoms with Gasteiger partial charge in [-0.15, -0.1) is 0 Å². The summed E-state index contributed by atoms with van der Waals surface area (Å²) in [7, 11) is 0. The van der Waals surface area contributed by atoms with Crippen molar-refractivity contribution in [3.63, 3.8) is 0 Å². The van der Waals surface area contributed by atoms with Crippen molar-refractivity contribution in [3.8, 4) is 11.3 Å². The molecule has 0 spiro atoms. The SMILES string of the molecule is O=C(Cc1c[nH]c2ccccc12)N[C@H]1CCCN(c2cc(-c3ccc(F)cc3)[nH]n2)C1. The van der Waals surface area contributed by atoms with Crippen molar-refractivity contribution in [1.29, 1.82) is 0 Å². The Morgan fingerprint density at radius 1 is 1.19 bits per heavy atom. The van der Waals surface area contributed by atoms with E-state index in [9.17, 15) is 9.18 Å². The van der Waals surface area contributed by atoms with E-state index >= 15 is 0 Å². The van der Waals surface area contributed by atoms with Crippen LogP contribution in [-0.4, -0.2) is 40.2 Å². The number of fused-ring (bicyclic) bond motifs is 1. The number of nitrogens with one attached hydrogen (secondary N) is 3. The van der Waals surface area contributed by atoms with Crippen LogP contribution in [0.5, 0.6) is 0 Å². The Bertz CT molecular complexity index is 1200. The first-order valence-corrected chi connectivity index (χ1v) is 10.6. The fourth-order valence-corrected chi connectivity index (χ4v) is 4.28. The lowest BCUT2D eigenvalue weighted by molar-refractivity contribution is -0.121. The van der Waals surface area contributed by atoms with Crippen LogP contribution in [0.15, 0.2) is 60.8 Å². The van der Waals surface area contributed by atoms with Crippen molar-refractivity contribution < 1.29 is 9.18 Å². The van der Waals surface area contributed by atoms with Crippen molar-refractivity contribution in [2.75, 3.05) is 18.0 Å². The van der Waals surface area contributed by atoms with E-state index in [0.717, 1.165) is 52.9 Å². The maximum absolute atomic E-state index is 13.2. The monoisotopic (exact) mass is 417 g/mol. The number of H-pyrrole nitrogens is 2. The summed E-state index contributed by atoms with van der Waals surface area (Å²) >= 11 is 0. The number of anilines is 1. The molecule has 0 radical (unpaired) electrons. The van der Waals surface area contributed by atoms with Gasteiger partial charge in [0.2, 0.25) is 5.91 Å². The molecule has 1 amide bonds. The minimum absolute atomic E-state index is 0.0330. The first kappa shape index (κ1) is 19.4. The van der Waals surface area contributed by atoms with Crippen LogP contribution in [0.2, 0.25) is 0 Å². The van der Waals surface area contributed by atoms with E-state index in [1.807, 2.05) is 36.5 Å². The molecule has 1 atom stereocenters. The molecule has 3 N–H and O–H groups in total. The molecule has 0 aliphatic carbocycles. The normalized spacial score (nSPS) is 16.5. The number of nitrogens with zero attached hydrogens (tertiary/aromatic N) is 2. The van der Waals surface area contributed by atoms with Gasteiger partial charge in [-0.1, -0.05) is 18.2 Å². The van der Waals surface area contributed by atoms with Crippen LogP contribution < -0.4 is 10.2 Å². The summed E-state index contributed by atoms with van der Waals surface area (Å²) in [6.07, 6.45) is 4.21. The summed E-state index contributed by atoms with van der Waals surface area (Å²) in [4.78, 5) is 18.1. The van der Waals surface area contributed by atoms with Crippen molar-refractivity contribution in [2.45, 2.75) is 25.3 Å². The molecule has 6 nitrogen and oxygen atoms in total. The van der Waals surface area contributed by atoms with Crippen LogP contribution in [-0.2, 0) is 11.2 Å². The van der Waals surface area contributed by atoms with E-state index in [1.54, 1.807) is 12.1 Å². The highest BCUT2D eigenvalue weighted by atomic mass is 19.1. The van der Waals surface area contributed by atoms with Crippen LogP contribution in [0, 0.1) is 5.82 Å². The third-order valence-corrected chi connectivity index (χ3v) is 5.86. The van der Waals surface area contributed by atoms with Crippen LogP contribution in [0.1, 0.15) is 18.4 Å². The van der Waals surface area contributed by atoms with Crippen molar-refractivity contribution in [3.05, 3.63) is 72.2 Å². The molecule has 1 fully saturated rings. The second kappa shape index (κ2) is 8.26. The number of benzene rings is 2. The van der Waals surface area contributed by atoms with Gasteiger partial charge in [0.05, 0.1) is 12.1 Å². The third kappa shape index (κ3) is 4.17. The zero-order valence-electron chi connectivity index (χ0n) is 17.1. The minimum Gasteiger partial charge on any atom is -0.361 e. The summed E-state index contributed by atoms with van der Waals surface area (Å²) in [5.41, 5.74) is 3.79. The molecule has 7 heteroatoms. The lowest BCUT2D eigenvalue weighted by atomic mass is 10.0. The lowest BCUT2D eigenvalue weighted by Crippen LogP contribution is -2.48. The van der Waals surface area contributed by atoms with E-state index in [0.29, 0.717) is 13.0 Å². The largest absolute Gasteiger partial charge is 0.361 e. The number of hydrogen-bond donors (Lipinski definition) is 3. The number of para-hydroxylation sites is 1. The number of piperidine rings is 1. The number of aromatic amines is 2. The summed E-state index contributed by atoms with van der Waals surface area (Å²) in [5, 5.41) is 11.8. The highest BCUT2D eigenvalue weighted by molar-refractivity contribution is 5.89. The second-order valence-electron chi connectivity index (χ2n) is 8.04. The number of hydrogen-bond acceptors (Lipinski definition) is 3. The number of amides is 1. The van der Waals surface area contributed by atoms with Crippen LogP contribution in [0.25, 0.3) is 22.2 Å². The average Bonchev–Trinajstić information content (AvgIpc) is 3.43. The van der Waals surface area contributed by atoms with Crippen LogP contribution in [0.4, 0.5) is 10.2 Å². The van der Waals surface area contributed by atoms with Gasteiger partial charge in [0, 0.05) is 42.3 Å². The number of aromatic nitrogens is 3. The number of halogens is 1. The maximum Gasteiger partial charge on any atom is 0.224 e. The molecule has 5 rings (SSSR count). The fraction of sp³-hybridized carbons (Fsp3) is 0.250. The van der Waals surface area contributed by atoms with E-state index < -0.39 is 0 Å². The molecule has 1 aliphatic rings. The first-order valence-electron chi connectivity index (χ1n) is 10.6.